The fraction of sp³-hybridized carbons (Fsp3) is 0.400. The molecule has 0 rings (SSSR count). The van der Waals surface area contributed by atoms with Gasteiger partial charge in [-0.05, 0) is 0 Å². The molecular weight excluding hydrogens is 120 g/mol. The zero-order valence-electron chi connectivity index (χ0n) is 5.02. The van der Waals surface area contributed by atoms with E-state index in [1.807, 2.05) is 0 Å². The van der Waals surface area contributed by atoms with Crippen LogP contribution in [0.25, 0.3) is 0 Å². The molecule has 2 amide bonds. The number of rotatable bonds is 3. The van der Waals surface area contributed by atoms with Crippen LogP contribution >= 0.6 is 0 Å². The van der Waals surface area contributed by atoms with Gasteiger partial charge in [0.2, 0.25) is 11.8 Å². The Morgan fingerprint density at radius 2 is 2.00 bits per heavy atom. The topological polar surface area (TPSA) is 72.2 Å². The van der Waals surface area contributed by atoms with Crippen molar-refractivity contribution in [2.75, 3.05) is 0 Å². The summed E-state index contributed by atoms with van der Waals surface area (Å²) in [6.45, 7) is 0. The monoisotopic (exact) mass is 129 g/mol. The van der Waals surface area contributed by atoms with Crippen molar-refractivity contribution in [2.24, 2.45) is 5.73 Å². The lowest BCUT2D eigenvalue weighted by Crippen LogP contribution is -2.19. The first kappa shape index (κ1) is 7.94. The van der Waals surface area contributed by atoms with Crippen molar-refractivity contribution in [3.63, 3.8) is 0 Å². The summed E-state index contributed by atoms with van der Waals surface area (Å²) in [6.07, 6.45) is 0.209. The second-order valence-corrected chi connectivity index (χ2v) is 1.57. The van der Waals surface area contributed by atoms with Gasteiger partial charge in [-0.2, -0.15) is 0 Å². The lowest BCUT2D eigenvalue weighted by atomic mass is 10.3. The highest BCUT2D eigenvalue weighted by molar-refractivity contribution is 5.82. The van der Waals surface area contributed by atoms with Crippen molar-refractivity contribution < 1.29 is 9.59 Å². The smallest absolute Gasteiger partial charge is 0.220 e. The molecule has 0 atom stereocenters. The molecule has 0 spiro atoms. The van der Waals surface area contributed by atoms with E-state index in [9.17, 15) is 9.59 Å². The molecule has 0 aliphatic carbocycles. The maximum Gasteiger partial charge on any atom is 0.220 e. The molecule has 0 heterocycles. The zero-order valence-corrected chi connectivity index (χ0v) is 5.02. The molecule has 0 aromatic carbocycles. The molecular formula is C5H9N2O2. The Balaban J connectivity index is 3.28. The summed E-state index contributed by atoms with van der Waals surface area (Å²) >= 11 is 0. The van der Waals surface area contributed by atoms with Crippen LogP contribution in [0.1, 0.15) is 12.8 Å². The fourth-order valence-electron chi connectivity index (χ4n) is 0.325. The van der Waals surface area contributed by atoms with Crippen LogP contribution in [0.15, 0.2) is 0 Å². The number of nitrogens with one attached hydrogen (secondary N) is 1. The van der Waals surface area contributed by atoms with Gasteiger partial charge in [0.25, 0.3) is 0 Å². The molecule has 0 aromatic rings. The number of carbonyl (C=O) groups is 2. The molecule has 0 saturated heterocycles. The first-order valence-corrected chi connectivity index (χ1v) is 2.51. The van der Waals surface area contributed by atoms with Crippen molar-refractivity contribution in [2.45, 2.75) is 12.8 Å². The second-order valence-electron chi connectivity index (χ2n) is 1.57. The molecule has 0 aliphatic heterocycles. The molecule has 1 radical (unpaired) electrons. The van der Waals surface area contributed by atoms with E-state index in [2.05, 4.69) is 12.4 Å². The summed E-state index contributed by atoms with van der Waals surface area (Å²) in [5.41, 5.74) is 4.76. The van der Waals surface area contributed by atoms with Gasteiger partial charge in [0, 0.05) is 19.9 Å². The molecule has 4 heteroatoms. The Bertz CT molecular complexity index is 122. The van der Waals surface area contributed by atoms with Crippen LogP contribution in [-0.2, 0) is 9.59 Å². The summed E-state index contributed by atoms with van der Waals surface area (Å²) < 4.78 is 0. The summed E-state index contributed by atoms with van der Waals surface area (Å²) in [6, 6.07) is 0. The Kier molecular flexibility index (Phi) is 3.43. The van der Waals surface area contributed by atoms with E-state index in [1.165, 1.54) is 0 Å². The number of primary amides is 1. The first-order chi connectivity index (χ1) is 4.16. The van der Waals surface area contributed by atoms with Crippen molar-refractivity contribution in [1.29, 1.82) is 0 Å². The molecule has 0 saturated carbocycles. The second kappa shape index (κ2) is 3.88. The average Bonchev–Trinajstić information content (AvgIpc) is 1.83. The first-order valence-electron chi connectivity index (χ1n) is 2.51. The molecule has 3 N–H and O–H groups in total. The van der Waals surface area contributed by atoms with Crippen molar-refractivity contribution in [3.05, 3.63) is 7.05 Å². The van der Waals surface area contributed by atoms with E-state index in [0.29, 0.717) is 0 Å². The van der Waals surface area contributed by atoms with Crippen LogP contribution in [0.2, 0.25) is 0 Å². The maximum atomic E-state index is 10.3. The number of hydrogen-bond donors (Lipinski definition) is 2. The van der Waals surface area contributed by atoms with Gasteiger partial charge in [-0.1, -0.05) is 0 Å². The van der Waals surface area contributed by atoms with E-state index < -0.39 is 5.91 Å². The third kappa shape index (κ3) is 4.80. The Morgan fingerprint density at radius 1 is 1.44 bits per heavy atom. The van der Waals surface area contributed by atoms with Gasteiger partial charge in [0.05, 0.1) is 0 Å². The van der Waals surface area contributed by atoms with Crippen LogP contribution < -0.4 is 11.1 Å². The predicted molar refractivity (Wildman–Crippen MR) is 31.9 cm³/mol. The molecule has 51 valence electrons. The molecule has 0 aromatic heterocycles. The number of nitrogens with two attached hydrogens (primary N) is 1. The third-order valence-corrected chi connectivity index (χ3v) is 0.796. The van der Waals surface area contributed by atoms with Crippen molar-refractivity contribution >= 4 is 11.8 Å². The highest BCUT2D eigenvalue weighted by atomic mass is 16.2. The summed E-state index contributed by atoms with van der Waals surface area (Å²) in [7, 11) is 3.11. The lowest BCUT2D eigenvalue weighted by molar-refractivity contribution is -0.124. The minimum absolute atomic E-state index is 0.0847. The molecule has 0 unspecified atom stereocenters. The molecule has 9 heavy (non-hydrogen) atoms. The Hall–Kier alpha value is -1.06. The van der Waals surface area contributed by atoms with Gasteiger partial charge in [0.15, 0.2) is 0 Å². The average molecular weight is 129 g/mol. The molecule has 0 bridgehead atoms. The summed E-state index contributed by atoms with van der Waals surface area (Å²) in [4.78, 5) is 20.4. The SMILES string of the molecule is [CH2]NC(=O)CCC(N)=O. The van der Waals surface area contributed by atoms with E-state index in [1.54, 1.807) is 0 Å². The maximum absolute atomic E-state index is 10.3. The van der Waals surface area contributed by atoms with Crippen LogP contribution in [0.5, 0.6) is 0 Å². The zero-order chi connectivity index (χ0) is 7.28. The van der Waals surface area contributed by atoms with E-state index in [4.69, 9.17) is 5.73 Å². The molecule has 4 nitrogen and oxygen atoms in total. The number of carbonyl (C=O) groups excluding carboxylic acids is 2. The quantitative estimate of drug-likeness (QED) is 0.521. The van der Waals surface area contributed by atoms with Gasteiger partial charge in [0.1, 0.15) is 0 Å². The summed E-state index contributed by atoms with van der Waals surface area (Å²) in [5, 5.41) is 2.12. The fourth-order valence-corrected chi connectivity index (χ4v) is 0.325. The Morgan fingerprint density at radius 3 is 2.33 bits per heavy atom. The largest absolute Gasteiger partial charge is 0.370 e. The van der Waals surface area contributed by atoms with Crippen LogP contribution in [-0.4, -0.2) is 11.8 Å². The standard InChI is InChI=1S/C5H9N2O2/c1-7-5(9)3-2-4(6)8/h1-3H2,(H2,6,8)(H,7,9). The minimum atomic E-state index is -0.474. The molecule has 0 aliphatic rings. The lowest BCUT2D eigenvalue weighted by Gasteiger charge is -1.93. The van der Waals surface area contributed by atoms with Gasteiger partial charge in [-0.25, -0.2) is 0 Å². The van der Waals surface area contributed by atoms with Gasteiger partial charge in [-0.3, -0.25) is 9.59 Å². The van der Waals surface area contributed by atoms with Gasteiger partial charge in [-0.15, -0.1) is 0 Å². The number of amides is 2. The van der Waals surface area contributed by atoms with E-state index in [0.717, 1.165) is 0 Å². The van der Waals surface area contributed by atoms with Crippen LogP contribution in [0, 0.1) is 7.05 Å². The van der Waals surface area contributed by atoms with Crippen molar-refractivity contribution in [1.82, 2.24) is 5.32 Å². The normalized spacial score (nSPS) is 8.56. The minimum Gasteiger partial charge on any atom is -0.370 e. The third-order valence-electron chi connectivity index (χ3n) is 0.796. The van der Waals surface area contributed by atoms with Crippen LogP contribution in [0.3, 0.4) is 0 Å². The predicted octanol–water partition coefficient (Wildman–Crippen LogP) is -0.840. The molecule has 0 fully saturated rings. The number of hydrogen-bond acceptors (Lipinski definition) is 2. The highest BCUT2D eigenvalue weighted by Gasteiger charge is 1.99. The van der Waals surface area contributed by atoms with Gasteiger partial charge >= 0.3 is 0 Å². The van der Waals surface area contributed by atoms with E-state index >= 15 is 0 Å². The van der Waals surface area contributed by atoms with Crippen LogP contribution in [0.4, 0.5) is 0 Å². The van der Waals surface area contributed by atoms with Crippen molar-refractivity contribution in [3.8, 4) is 0 Å². The summed E-state index contributed by atoms with van der Waals surface area (Å²) in [5.74, 6) is -0.743. The Labute approximate surface area is 53.4 Å². The van der Waals surface area contributed by atoms with Gasteiger partial charge < -0.3 is 11.1 Å². The van der Waals surface area contributed by atoms with E-state index in [-0.39, 0.29) is 18.7 Å². The highest BCUT2D eigenvalue weighted by Crippen LogP contribution is 1.84.